The molecule has 0 saturated carbocycles. The predicted molar refractivity (Wildman–Crippen MR) is 88.5 cm³/mol. The average molecular weight is 354 g/mol. The molecule has 2 aromatic rings. The molecule has 0 aliphatic carbocycles. The SMILES string of the molecule is Cn1c(SCc2ccccc2OC(F)F)nnc1C1CCCNC1. The summed E-state index contributed by atoms with van der Waals surface area (Å²) in [5.41, 5.74) is 0.715. The molecular weight excluding hydrogens is 334 g/mol. The van der Waals surface area contributed by atoms with Crippen LogP contribution in [0.2, 0.25) is 0 Å². The van der Waals surface area contributed by atoms with Crippen molar-refractivity contribution in [3.63, 3.8) is 0 Å². The lowest BCUT2D eigenvalue weighted by Gasteiger charge is -2.21. The Kier molecular flexibility index (Phi) is 5.68. The molecule has 1 fully saturated rings. The Bertz CT molecular complexity index is 674. The van der Waals surface area contributed by atoms with Crippen molar-refractivity contribution in [3.05, 3.63) is 35.7 Å². The molecule has 1 saturated heterocycles. The molecule has 8 heteroatoms. The molecule has 2 heterocycles. The molecule has 24 heavy (non-hydrogen) atoms. The van der Waals surface area contributed by atoms with Crippen LogP contribution in [0.5, 0.6) is 5.75 Å². The highest BCUT2D eigenvalue weighted by Gasteiger charge is 2.22. The number of nitrogens with one attached hydrogen (secondary N) is 1. The van der Waals surface area contributed by atoms with Crippen molar-refractivity contribution in [2.24, 2.45) is 7.05 Å². The molecule has 0 spiro atoms. The van der Waals surface area contributed by atoms with Crippen LogP contribution in [-0.2, 0) is 12.8 Å². The molecule has 0 radical (unpaired) electrons. The number of para-hydroxylation sites is 1. The van der Waals surface area contributed by atoms with Gasteiger partial charge < -0.3 is 14.6 Å². The lowest BCUT2D eigenvalue weighted by molar-refractivity contribution is -0.0503. The molecule has 1 N–H and O–H groups in total. The number of alkyl halides is 2. The molecule has 3 rings (SSSR count). The van der Waals surface area contributed by atoms with E-state index in [1.165, 1.54) is 11.8 Å². The highest BCUT2D eigenvalue weighted by Crippen LogP contribution is 2.30. The zero-order valence-corrected chi connectivity index (χ0v) is 14.2. The third-order valence-electron chi connectivity index (χ3n) is 4.08. The smallest absolute Gasteiger partial charge is 0.387 e. The monoisotopic (exact) mass is 354 g/mol. The maximum absolute atomic E-state index is 12.5. The summed E-state index contributed by atoms with van der Waals surface area (Å²) < 4.78 is 31.5. The predicted octanol–water partition coefficient (Wildman–Crippen LogP) is 3.18. The number of thioether (sulfide) groups is 1. The van der Waals surface area contributed by atoms with E-state index in [4.69, 9.17) is 0 Å². The number of halogens is 2. The van der Waals surface area contributed by atoms with Crippen LogP contribution in [0.3, 0.4) is 0 Å². The minimum Gasteiger partial charge on any atom is -0.435 e. The number of aromatic nitrogens is 3. The van der Waals surface area contributed by atoms with Gasteiger partial charge in [0.2, 0.25) is 0 Å². The maximum atomic E-state index is 12.5. The standard InChI is InChI=1S/C16H20F2N4OS/c1-22-14(11-6-4-8-19-9-11)20-21-16(22)24-10-12-5-2-3-7-13(12)23-15(17)18/h2-3,5,7,11,15,19H,4,6,8-10H2,1H3. The summed E-state index contributed by atoms with van der Waals surface area (Å²) in [4.78, 5) is 0. The first-order chi connectivity index (χ1) is 11.6. The zero-order valence-electron chi connectivity index (χ0n) is 13.4. The molecule has 1 unspecified atom stereocenters. The van der Waals surface area contributed by atoms with E-state index in [0.29, 0.717) is 17.2 Å². The molecule has 130 valence electrons. The second-order valence-electron chi connectivity index (χ2n) is 5.72. The summed E-state index contributed by atoms with van der Waals surface area (Å²) in [6, 6.07) is 6.83. The molecule has 0 amide bonds. The molecule has 1 aromatic heterocycles. The van der Waals surface area contributed by atoms with Gasteiger partial charge in [0.15, 0.2) is 5.16 Å². The first-order valence-electron chi connectivity index (χ1n) is 7.90. The molecule has 1 aromatic carbocycles. The lowest BCUT2D eigenvalue weighted by Crippen LogP contribution is -2.29. The minimum absolute atomic E-state index is 0.207. The third kappa shape index (κ3) is 4.05. The van der Waals surface area contributed by atoms with Gasteiger partial charge in [-0.1, -0.05) is 30.0 Å². The van der Waals surface area contributed by atoms with E-state index in [-0.39, 0.29) is 5.75 Å². The van der Waals surface area contributed by atoms with Crippen molar-refractivity contribution >= 4 is 11.8 Å². The fourth-order valence-electron chi connectivity index (χ4n) is 2.86. The first kappa shape index (κ1) is 17.2. The molecule has 1 aliphatic rings. The lowest BCUT2D eigenvalue weighted by atomic mass is 9.99. The second-order valence-corrected chi connectivity index (χ2v) is 6.66. The van der Waals surface area contributed by atoms with E-state index in [9.17, 15) is 8.78 Å². The van der Waals surface area contributed by atoms with Crippen LogP contribution in [0, 0.1) is 0 Å². The zero-order chi connectivity index (χ0) is 16.9. The number of rotatable bonds is 6. The fraction of sp³-hybridized carbons (Fsp3) is 0.500. The van der Waals surface area contributed by atoms with Gasteiger partial charge in [0.25, 0.3) is 0 Å². The van der Waals surface area contributed by atoms with Gasteiger partial charge in [-0.2, -0.15) is 8.78 Å². The third-order valence-corrected chi connectivity index (χ3v) is 5.15. The van der Waals surface area contributed by atoms with Crippen LogP contribution in [-0.4, -0.2) is 34.5 Å². The van der Waals surface area contributed by atoms with E-state index < -0.39 is 6.61 Å². The molecular formula is C16H20F2N4OS. The molecule has 1 atom stereocenters. The number of ether oxygens (including phenoxy) is 1. The van der Waals surface area contributed by atoms with E-state index in [1.54, 1.807) is 18.2 Å². The quantitative estimate of drug-likeness (QED) is 0.808. The van der Waals surface area contributed by atoms with Crippen molar-refractivity contribution in [2.45, 2.75) is 36.3 Å². The van der Waals surface area contributed by atoms with Gasteiger partial charge in [-0.05, 0) is 25.5 Å². The van der Waals surface area contributed by atoms with Crippen LogP contribution < -0.4 is 10.1 Å². The Balaban J connectivity index is 1.68. The Labute approximate surface area is 143 Å². The number of piperidine rings is 1. The first-order valence-corrected chi connectivity index (χ1v) is 8.89. The van der Waals surface area contributed by atoms with Gasteiger partial charge in [0, 0.05) is 30.8 Å². The summed E-state index contributed by atoms with van der Waals surface area (Å²) in [7, 11) is 1.95. The number of nitrogens with zero attached hydrogens (tertiary/aromatic N) is 3. The van der Waals surface area contributed by atoms with Crippen LogP contribution >= 0.6 is 11.8 Å². The van der Waals surface area contributed by atoms with E-state index >= 15 is 0 Å². The van der Waals surface area contributed by atoms with Gasteiger partial charge in [-0.15, -0.1) is 10.2 Å². The summed E-state index contributed by atoms with van der Waals surface area (Å²) in [6.07, 6.45) is 2.24. The van der Waals surface area contributed by atoms with Gasteiger partial charge >= 0.3 is 6.61 Å². The summed E-state index contributed by atoms with van der Waals surface area (Å²) in [5.74, 6) is 2.05. The highest BCUT2D eigenvalue weighted by molar-refractivity contribution is 7.98. The van der Waals surface area contributed by atoms with Crippen molar-refractivity contribution in [2.75, 3.05) is 13.1 Å². The van der Waals surface area contributed by atoms with Crippen molar-refractivity contribution in [1.82, 2.24) is 20.1 Å². The summed E-state index contributed by atoms with van der Waals surface area (Å²) >= 11 is 1.47. The van der Waals surface area contributed by atoms with Crippen LogP contribution in [0.1, 0.15) is 30.1 Å². The Hall–Kier alpha value is -1.67. The molecule has 5 nitrogen and oxygen atoms in total. The Morgan fingerprint density at radius 3 is 2.96 bits per heavy atom. The summed E-state index contributed by atoms with van der Waals surface area (Å²) in [6.45, 7) is -0.852. The fourth-order valence-corrected chi connectivity index (χ4v) is 3.76. The van der Waals surface area contributed by atoms with Crippen molar-refractivity contribution < 1.29 is 13.5 Å². The van der Waals surface area contributed by atoms with E-state index in [0.717, 1.165) is 36.9 Å². The van der Waals surface area contributed by atoms with Crippen LogP contribution in [0.25, 0.3) is 0 Å². The molecule has 1 aliphatic heterocycles. The van der Waals surface area contributed by atoms with E-state index in [1.807, 2.05) is 17.7 Å². The van der Waals surface area contributed by atoms with Gasteiger partial charge in [0.05, 0.1) is 0 Å². The topological polar surface area (TPSA) is 52.0 Å². The normalized spacial score (nSPS) is 18.1. The second kappa shape index (κ2) is 7.94. The largest absolute Gasteiger partial charge is 0.435 e. The number of hydrogen-bond acceptors (Lipinski definition) is 5. The van der Waals surface area contributed by atoms with Gasteiger partial charge in [-0.3, -0.25) is 0 Å². The number of hydrogen-bond donors (Lipinski definition) is 1. The van der Waals surface area contributed by atoms with E-state index in [2.05, 4.69) is 20.3 Å². The highest BCUT2D eigenvalue weighted by atomic mass is 32.2. The Morgan fingerprint density at radius 2 is 2.21 bits per heavy atom. The maximum Gasteiger partial charge on any atom is 0.387 e. The van der Waals surface area contributed by atoms with Gasteiger partial charge in [0.1, 0.15) is 11.6 Å². The Morgan fingerprint density at radius 1 is 1.38 bits per heavy atom. The van der Waals surface area contributed by atoms with Crippen LogP contribution in [0.4, 0.5) is 8.78 Å². The molecule has 0 bridgehead atoms. The minimum atomic E-state index is -2.82. The van der Waals surface area contributed by atoms with Gasteiger partial charge in [-0.25, -0.2) is 0 Å². The average Bonchev–Trinajstić information content (AvgIpc) is 2.95. The number of benzene rings is 1. The van der Waals surface area contributed by atoms with Crippen molar-refractivity contribution in [1.29, 1.82) is 0 Å². The summed E-state index contributed by atoms with van der Waals surface area (Å²) in [5, 5.41) is 12.7. The van der Waals surface area contributed by atoms with Crippen molar-refractivity contribution in [3.8, 4) is 5.75 Å². The van der Waals surface area contributed by atoms with Crippen LogP contribution in [0.15, 0.2) is 29.4 Å².